The van der Waals surface area contributed by atoms with E-state index in [0.717, 1.165) is 19.8 Å². The maximum atomic E-state index is 5.22. The third-order valence-electron chi connectivity index (χ3n) is 2.77. The van der Waals surface area contributed by atoms with Gasteiger partial charge in [0, 0.05) is 17.5 Å². The monoisotopic (exact) mass is 185 g/mol. The van der Waals surface area contributed by atoms with Gasteiger partial charge in [-0.05, 0) is 20.3 Å². The smallest absolute Gasteiger partial charge is 0.0554 e. The van der Waals surface area contributed by atoms with E-state index in [2.05, 4.69) is 33.0 Å². The molecule has 1 rings (SSSR count). The van der Waals surface area contributed by atoms with Gasteiger partial charge in [0.05, 0.1) is 13.2 Å². The largest absolute Gasteiger partial charge is 0.380 e. The van der Waals surface area contributed by atoms with Crippen LogP contribution in [0.25, 0.3) is 0 Å². The van der Waals surface area contributed by atoms with Crippen molar-refractivity contribution in [2.45, 2.75) is 46.1 Å². The van der Waals surface area contributed by atoms with Gasteiger partial charge in [0.15, 0.2) is 0 Å². The lowest BCUT2D eigenvalue weighted by molar-refractivity contribution is -0.101. The van der Waals surface area contributed by atoms with Crippen molar-refractivity contribution in [1.82, 2.24) is 5.32 Å². The first kappa shape index (κ1) is 11.0. The van der Waals surface area contributed by atoms with Gasteiger partial charge in [-0.2, -0.15) is 0 Å². The Kier molecular flexibility index (Phi) is 3.36. The molecule has 0 aromatic rings. The van der Waals surface area contributed by atoms with Crippen molar-refractivity contribution in [2.24, 2.45) is 5.41 Å². The quantitative estimate of drug-likeness (QED) is 0.709. The highest BCUT2D eigenvalue weighted by atomic mass is 16.5. The molecule has 2 heteroatoms. The molecular weight excluding hydrogens is 162 g/mol. The van der Waals surface area contributed by atoms with Crippen LogP contribution in [0, 0.1) is 5.41 Å². The lowest BCUT2D eigenvalue weighted by Gasteiger charge is -2.41. The van der Waals surface area contributed by atoms with Crippen LogP contribution < -0.4 is 5.32 Å². The average Bonchev–Trinajstić information content (AvgIpc) is 1.97. The molecule has 0 saturated carbocycles. The number of hydrogen-bond donors (Lipinski definition) is 1. The molecular formula is C11H23NO. The topological polar surface area (TPSA) is 21.3 Å². The lowest BCUT2D eigenvalue weighted by Crippen LogP contribution is -2.52. The Morgan fingerprint density at radius 3 is 2.38 bits per heavy atom. The Hall–Kier alpha value is -0.0800. The second-order valence-corrected chi connectivity index (χ2v) is 5.29. The van der Waals surface area contributed by atoms with E-state index in [1.54, 1.807) is 0 Å². The summed E-state index contributed by atoms with van der Waals surface area (Å²) in [5, 5.41) is 3.62. The molecule has 0 spiro atoms. The Balaban J connectivity index is 2.24. The predicted molar refractivity (Wildman–Crippen MR) is 55.9 cm³/mol. The van der Waals surface area contributed by atoms with Crippen molar-refractivity contribution in [2.75, 3.05) is 19.8 Å². The summed E-state index contributed by atoms with van der Waals surface area (Å²) in [6, 6.07) is 0. The van der Waals surface area contributed by atoms with E-state index in [1.807, 2.05) is 0 Å². The van der Waals surface area contributed by atoms with E-state index in [1.165, 1.54) is 12.8 Å². The maximum absolute atomic E-state index is 5.22. The molecule has 1 saturated heterocycles. The van der Waals surface area contributed by atoms with Crippen molar-refractivity contribution >= 4 is 0 Å². The van der Waals surface area contributed by atoms with Crippen LogP contribution in [0.3, 0.4) is 0 Å². The number of nitrogens with one attached hydrogen (secondary N) is 1. The first-order valence-electron chi connectivity index (χ1n) is 5.30. The van der Waals surface area contributed by atoms with E-state index in [4.69, 9.17) is 4.74 Å². The molecule has 1 heterocycles. The van der Waals surface area contributed by atoms with Crippen LogP contribution in [-0.2, 0) is 4.74 Å². The molecule has 0 aliphatic carbocycles. The molecule has 13 heavy (non-hydrogen) atoms. The molecule has 0 unspecified atom stereocenters. The highest BCUT2D eigenvalue weighted by molar-refractivity contribution is 4.87. The van der Waals surface area contributed by atoms with Crippen molar-refractivity contribution < 1.29 is 4.74 Å². The molecule has 0 bridgehead atoms. The van der Waals surface area contributed by atoms with Gasteiger partial charge in [-0.3, -0.25) is 0 Å². The Morgan fingerprint density at radius 1 is 1.38 bits per heavy atom. The molecule has 0 amide bonds. The number of ether oxygens (including phenoxy) is 1. The minimum absolute atomic E-state index is 0.285. The summed E-state index contributed by atoms with van der Waals surface area (Å²) < 4.78 is 5.22. The molecule has 0 aromatic heterocycles. The molecule has 1 fully saturated rings. The zero-order valence-electron chi connectivity index (χ0n) is 9.44. The van der Waals surface area contributed by atoms with Gasteiger partial charge in [-0.25, -0.2) is 0 Å². The fourth-order valence-corrected chi connectivity index (χ4v) is 1.72. The summed E-state index contributed by atoms with van der Waals surface area (Å²) in [6.07, 6.45) is 2.48. The standard InChI is InChI=1S/C11H23NO/c1-5-6-10(2,3)12-7-11(4)8-13-9-11/h12H,5-9H2,1-4H3. The molecule has 1 aliphatic heterocycles. The van der Waals surface area contributed by atoms with Gasteiger partial charge in [0.25, 0.3) is 0 Å². The van der Waals surface area contributed by atoms with Crippen LogP contribution in [0.4, 0.5) is 0 Å². The zero-order chi connectivity index (χ0) is 9.95. The fourth-order valence-electron chi connectivity index (χ4n) is 1.72. The molecule has 0 atom stereocenters. The first-order valence-corrected chi connectivity index (χ1v) is 5.30. The van der Waals surface area contributed by atoms with Crippen LogP contribution in [0.15, 0.2) is 0 Å². The molecule has 2 nitrogen and oxygen atoms in total. The summed E-state index contributed by atoms with van der Waals surface area (Å²) in [4.78, 5) is 0. The van der Waals surface area contributed by atoms with Crippen molar-refractivity contribution in [3.63, 3.8) is 0 Å². The maximum Gasteiger partial charge on any atom is 0.0554 e. The SMILES string of the molecule is CCCC(C)(C)NCC1(C)COC1. The predicted octanol–water partition coefficient (Wildman–Crippen LogP) is 2.19. The van der Waals surface area contributed by atoms with Crippen molar-refractivity contribution in [3.05, 3.63) is 0 Å². The second-order valence-electron chi connectivity index (χ2n) is 5.29. The number of hydrogen-bond acceptors (Lipinski definition) is 2. The van der Waals surface area contributed by atoms with Gasteiger partial charge in [0.2, 0.25) is 0 Å². The summed E-state index contributed by atoms with van der Waals surface area (Å²) in [5.74, 6) is 0. The third-order valence-corrected chi connectivity index (χ3v) is 2.77. The van der Waals surface area contributed by atoms with Crippen LogP contribution in [0.2, 0.25) is 0 Å². The van der Waals surface area contributed by atoms with E-state index in [9.17, 15) is 0 Å². The second kappa shape index (κ2) is 3.97. The first-order chi connectivity index (χ1) is 5.97. The minimum Gasteiger partial charge on any atom is -0.380 e. The normalized spacial score (nSPS) is 21.2. The molecule has 0 radical (unpaired) electrons. The Bertz CT molecular complexity index is 161. The van der Waals surface area contributed by atoms with Gasteiger partial charge >= 0.3 is 0 Å². The average molecular weight is 185 g/mol. The Labute approximate surface area is 82.0 Å². The summed E-state index contributed by atoms with van der Waals surface area (Å²) in [7, 11) is 0. The number of rotatable bonds is 5. The van der Waals surface area contributed by atoms with Gasteiger partial charge in [0.1, 0.15) is 0 Å². The fraction of sp³-hybridized carbons (Fsp3) is 1.00. The summed E-state index contributed by atoms with van der Waals surface area (Å²) in [6.45, 7) is 12.0. The highest BCUT2D eigenvalue weighted by Crippen LogP contribution is 2.26. The lowest BCUT2D eigenvalue weighted by atomic mass is 9.87. The minimum atomic E-state index is 0.285. The molecule has 1 N–H and O–H groups in total. The van der Waals surface area contributed by atoms with E-state index in [0.29, 0.717) is 5.41 Å². The van der Waals surface area contributed by atoms with Crippen LogP contribution in [0.1, 0.15) is 40.5 Å². The van der Waals surface area contributed by atoms with E-state index >= 15 is 0 Å². The van der Waals surface area contributed by atoms with Crippen LogP contribution in [0.5, 0.6) is 0 Å². The van der Waals surface area contributed by atoms with Crippen LogP contribution >= 0.6 is 0 Å². The Morgan fingerprint density at radius 2 is 2.00 bits per heavy atom. The van der Waals surface area contributed by atoms with Crippen molar-refractivity contribution in [3.8, 4) is 0 Å². The zero-order valence-corrected chi connectivity index (χ0v) is 9.44. The molecule has 78 valence electrons. The van der Waals surface area contributed by atoms with Gasteiger partial charge in [-0.15, -0.1) is 0 Å². The van der Waals surface area contributed by atoms with Crippen LogP contribution in [-0.4, -0.2) is 25.3 Å². The van der Waals surface area contributed by atoms with E-state index < -0.39 is 0 Å². The van der Waals surface area contributed by atoms with Gasteiger partial charge in [-0.1, -0.05) is 20.3 Å². The third kappa shape index (κ3) is 3.28. The van der Waals surface area contributed by atoms with Gasteiger partial charge < -0.3 is 10.1 Å². The summed E-state index contributed by atoms with van der Waals surface area (Å²) in [5.41, 5.74) is 0.679. The summed E-state index contributed by atoms with van der Waals surface area (Å²) >= 11 is 0. The molecule has 0 aromatic carbocycles. The molecule has 1 aliphatic rings. The van der Waals surface area contributed by atoms with Crippen molar-refractivity contribution in [1.29, 1.82) is 0 Å². The van der Waals surface area contributed by atoms with E-state index in [-0.39, 0.29) is 5.54 Å². The highest BCUT2D eigenvalue weighted by Gasteiger charge is 2.34.